The quantitative estimate of drug-likeness (QED) is 0.847. The Kier molecular flexibility index (Phi) is 4.36. The molecule has 1 aliphatic carbocycles. The van der Waals surface area contributed by atoms with Crippen molar-refractivity contribution in [2.75, 3.05) is 11.9 Å². The molecule has 0 atom stereocenters. The summed E-state index contributed by atoms with van der Waals surface area (Å²) in [5.41, 5.74) is -0.368. The number of carbonyl (C=O) groups is 1. The molecule has 132 valence electrons. The summed E-state index contributed by atoms with van der Waals surface area (Å²) in [6, 6.07) is 7.25. The summed E-state index contributed by atoms with van der Waals surface area (Å²) in [6.07, 6.45) is 0.204. The minimum absolute atomic E-state index is 0.242. The summed E-state index contributed by atoms with van der Waals surface area (Å²) in [4.78, 5) is 22.5. The molecule has 1 aliphatic rings. The summed E-state index contributed by atoms with van der Waals surface area (Å²) in [6.45, 7) is 0. The zero-order valence-corrected chi connectivity index (χ0v) is 13.5. The predicted octanol–water partition coefficient (Wildman–Crippen LogP) is 3.46. The molecule has 8 heteroatoms. The van der Waals surface area contributed by atoms with Crippen molar-refractivity contribution in [3.05, 3.63) is 48.3 Å². The van der Waals surface area contributed by atoms with E-state index in [1.165, 1.54) is 35.5 Å². The van der Waals surface area contributed by atoms with Gasteiger partial charge >= 0.3 is 6.36 Å². The first kappa shape index (κ1) is 17.2. The van der Waals surface area contributed by atoms with Crippen LogP contribution in [-0.2, 0) is 10.2 Å². The van der Waals surface area contributed by atoms with Gasteiger partial charge in [0.1, 0.15) is 5.75 Å². The van der Waals surface area contributed by atoms with Crippen LogP contribution in [0.4, 0.5) is 19.1 Å². The van der Waals surface area contributed by atoms with Crippen molar-refractivity contribution in [1.29, 1.82) is 0 Å². The number of alkyl halides is 3. The second-order valence-corrected chi connectivity index (χ2v) is 5.92. The molecule has 1 aromatic heterocycles. The molecule has 0 spiro atoms. The Labute approximate surface area is 142 Å². The molecule has 0 saturated heterocycles. The molecular weight excluding hydrogens is 335 g/mol. The molecular formula is C17H16F3N3O2. The van der Waals surface area contributed by atoms with Crippen LogP contribution in [-0.4, -0.2) is 29.3 Å². The first-order valence-corrected chi connectivity index (χ1v) is 7.73. The van der Waals surface area contributed by atoms with Crippen molar-refractivity contribution < 1.29 is 22.7 Å². The second-order valence-electron chi connectivity index (χ2n) is 5.92. The fraction of sp³-hybridized carbons (Fsp3) is 0.353. The van der Waals surface area contributed by atoms with Crippen LogP contribution in [0.3, 0.4) is 0 Å². The Hall–Kier alpha value is -2.64. The number of rotatable bonds is 4. The van der Waals surface area contributed by atoms with Crippen LogP contribution in [0.5, 0.6) is 5.75 Å². The smallest absolute Gasteiger partial charge is 0.406 e. The lowest BCUT2D eigenvalue weighted by Crippen LogP contribution is -2.50. The van der Waals surface area contributed by atoms with Crippen LogP contribution in [0.2, 0.25) is 0 Å². The minimum atomic E-state index is -4.77. The van der Waals surface area contributed by atoms with Crippen LogP contribution in [0.1, 0.15) is 24.8 Å². The van der Waals surface area contributed by atoms with Gasteiger partial charge in [0.15, 0.2) is 0 Å². The highest BCUT2D eigenvalue weighted by Crippen LogP contribution is 2.46. The maximum atomic E-state index is 13.0. The average Bonchev–Trinajstić information content (AvgIpc) is 2.52. The fourth-order valence-electron chi connectivity index (χ4n) is 3.02. The van der Waals surface area contributed by atoms with Gasteiger partial charge in [-0.2, -0.15) is 0 Å². The molecule has 1 fully saturated rings. The molecule has 1 heterocycles. The summed E-state index contributed by atoms with van der Waals surface area (Å²) in [7, 11) is 1.56. The molecule has 5 nitrogen and oxygen atoms in total. The van der Waals surface area contributed by atoms with Crippen LogP contribution in [0.15, 0.2) is 42.7 Å². The van der Waals surface area contributed by atoms with Crippen molar-refractivity contribution in [3.8, 4) is 5.75 Å². The first-order chi connectivity index (χ1) is 11.8. The van der Waals surface area contributed by atoms with Gasteiger partial charge in [0.25, 0.3) is 0 Å². The number of halogens is 3. The van der Waals surface area contributed by atoms with E-state index < -0.39 is 11.8 Å². The molecule has 0 bridgehead atoms. The van der Waals surface area contributed by atoms with E-state index in [1.54, 1.807) is 19.2 Å². The standard InChI is InChI=1S/C17H16F3N3O2/c1-23(15-21-9-4-10-22-15)14(24)16(7-3-8-16)12-5-2-6-13(11-12)25-17(18,19)20/h2,4-6,9-11H,3,7-8H2,1H3. The van der Waals surface area contributed by atoms with Gasteiger partial charge in [-0.1, -0.05) is 18.6 Å². The van der Waals surface area contributed by atoms with Crippen molar-refractivity contribution in [1.82, 2.24) is 9.97 Å². The van der Waals surface area contributed by atoms with E-state index in [9.17, 15) is 18.0 Å². The van der Waals surface area contributed by atoms with E-state index in [2.05, 4.69) is 14.7 Å². The van der Waals surface area contributed by atoms with E-state index in [-0.39, 0.29) is 17.6 Å². The zero-order valence-electron chi connectivity index (χ0n) is 13.5. The van der Waals surface area contributed by atoms with Gasteiger partial charge in [-0.15, -0.1) is 13.2 Å². The van der Waals surface area contributed by atoms with Gasteiger partial charge in [0.05, 0.1) is 5.41 Å². The lowest BCUT2D eigenvalue weighted by molar-refractivity contribution is -0.274. The number of hydrogen-bond donors (Lipinski definition) is 0. The number of ether oxygens (including phenoxy) is 1. The molecule has 0 unspecified atom stereocenters. The van der Waals surface area contributed by atoms with E-state index in [0.29, 0.717) is 18.4 Å². The summed E-state index contributed by atoms with van der Waals surface area (Å²) >= 11 is 0. The van der Waals surface area contributed by atoms with Crippen LogP contribution < -0.4 is 9.64 Å². The van der Waals surface area contributed by atoms with Crippen molar-refractivity contribution in [2.24, 2.45) is 0 Å². The number of amides is 1. The van der Waals surface area contributed by atoms with Gasteiger partial charge in [-0.05, 0) is 36.6 Å². The zero-order chi connectivity index (χ0) is 18.1. The molecule has 25 heavy (non-hydrogen) atoms. The third-order valence-corrected chi connectivity index (χ3v) is 4.39. The van der Waals surface area contributed by atoms with Gasteiger partial charge < -0.3 is 4.74 Å². The number of anilines is 1. The highest BCUT2D eigenvalue weighted by Gasteiger charge is 2.48. The monoisotopic (exact) mass is 351 g/mol. The van der Waals surface area contributed by atoms with Gasteiger partial charge in [0, 0.05) is 19.4 Å². The normalized spacial score (nSPS) is 16.0. The third kappa shape index (κ3) is 3.42. The highest BCUT2D eigenvalue weighted by molar-refractivity contribution is 6.00. The summed E-state index contributed by atoms with van der Waals surface area (Å²) in [5.74, 6) is -0.321. The SMILES string of the molecule is CN(C(=O)C1(c2cccc(OC(F)(F)F)c2)CCC1)c1ncccn1. The Morgan fingerprint density at radius 2 is 1.88 bits per heavy atom. The second kappa shape index (κ2) is 6.34. The Morgan fingerprint density at radius 1 is 1.20 bits per heavy atom. The third-order valence-electron chi connectivity index (χ3n) is 4.39. The van der Waals surface area contributed by atoms with Crippen LogP contribution >= 0.6 is 0 Å². The summed E-state index contributed by atoms with van der Waals surface area (Å²) < 4.78 is 41.4. The number of nitrogens with zero attached hydrogens (tertiary/aromatic N) is 3. The van der Waals surface area contributed by atoms with Crippen molar-refractivity contribution >= 4 is 11.9 Å². The molecule has 1 saturated carbocycles. The fourth-order valence-corrected chi connectivity index (χ4v) is 3.02. The topological polar surface area (TPSA) is 55.3 Å². The Balaban J connectivity index is 1.91. The highest BCUT2D eigenvalue weighted by atomic mass is 19.4. The predicted molar refractivity (Wildman–Crippen MR) is 84.1 cm³/mol. The van der Waals surface area contributed by atoms with Crippen molar-refractivity contribution in [3.63, 3.8) is 0 Å². The average molecular weight is 351 g/mol. The molecule has 0 aliphatic heterocycles. The lowest BCUT2D eigenvalue weighted by atomic mass is 9.63. The first-order valence-electron chi connectivity index (χ1n) is 7.73. The molecule has 1 amide bonds. The van der Waals surface area contributed by atoms with Gasteiger partial charge in [0.2, 0.25) is 11.9 Å². The maximum Gasteiger partial charge on any atom is 0.573 e. The minimum Gasteiger partial charge on any atom is -0.406 e. The van der Waals surface area contributed by atoms with Gasteiger partial charge in [-0.3, -0.25) is 9.69 Å². The van der Waals surface area contributed by atoms with E-state index in [0.717, 1.165) is 6.42 Å². The number of aromatic nitrogens is 2. The lowest BCUT2D eigenvalue weighted by Gasteiger charge is -2.42. The number of benzene rings is 1. The number of likely N-dealkylation sites (N-methyl/N-ethyl adjacent to an activating group) is 1. The largest absolute Gasteiger partial charge is 0.573 e. The molecule has 2 aromatic rings. The Morgan fingerprint density at radius 3 is 2.44 bits per heavy atom. The molecule has 0 radical (unpaired) electrons. The maximum absolute atomic E-state index is 13.0. The summed E-state index contributed by atoms with van der Waals surface area (Å²) in [5, 5.41) is 0. The molecule has 3 rings (SSSR count). The molecule has 0 N–H and O–H groups in total. The van der Waals surface area contributed by atoms with Gasteiger partial charge in [-0.25, -0.2) is 9.97 Å². The number of carbonyl (C=O) groups excluding carboxylic acids is 1. The van der Waals surface area contributed by atoms with Crippen molar-refractivity contribution in [2.45, 2.75) is 31.0 Å². The van der Waals surface area contributed by atoms with Crippen LogP contribution in [0, 0.1) is 0 Å². The van der Waals surface area contributed by atoms with E-state index >= 15 is 0 Å². The Bertz CT molecular complexity index is 761. The molecule has 1 aromatic carbocycles. The van der Waals surface area contributed by atoms with Crippen LogP contribution in [0.25, 0.3) is 0 Å². The number of hydrogen-bond acceptors (Lipinski definition) is 4. The van der Waals surface area contributed by atoms with E-state index in [1.807, 2.05) is 0 Å². The van der Waals surface area contributed by atoms with E-state index in [4.69, 9.17) is 0 Å².